The molecule has 0 aliphatic carbocycles. The maximum absolute atomic E-state index is 10.8. The first-order valence-corrected chi connectivity index (χ1v) is 6.04. The van der Waals surface area contributed by atoms with Gasteiger partial charge in [-0.05, 0) is 6.26 Å². The zero-order valence-corrected chi connectivity index (χ0v) is 9.00. The monoisotopic (exact) mass is 273 g/mol. The van der Waals surface area contributed by atoms with E-state index in [9.17, 15) is 4.79 Å². The summed E-state index contributed by atoms with van der Waals surface area (Å²) in [7, 11) is 0. The highest BCUT2D eigenvalue weighted by molar-refractivity contribution is 14.1. The van der Waals surface area contributed by atoms with Gasteiger partial charge in [0.05, 0.1) is 0 Å². The molecule has 0 heterocycles. The molecule has 2 nitrogen and oxygen atoms in total. The van der Waals surface area contributed by atoms with Crippen molar-refractivity contribution in [2.75, 3.05) is 23.0 Å². The predicted octanol–water partition coefficient (Wildman–Crippen LogP) is 1.29. The Morgan fingerprint density at radius 1 is 1.70 bits per heavy atom. The topological polar surface area (TPSA) is 29.1 Å². The molecular weight excluding hydrogens is 261 g/mol. The first-order chi connectivity index (χ1) is 4.81. The predicted molar refractivity (Wildman–Crippen MR) is 54.9 cm³/mol. The summed E-state index contributed by atoms with van der Waals surface area (Å²) in [6.07, 6.45) is 2.66. The molecule has 1 amide bonds. The molecule has 10 heavy (non-hydrogen) atoms. The fraction of sp³-hybridized carbons (Fsp3) is 0.833. The van der Waals surface area contributed by atoms with E-state index in [1.54, 1.807) is 11.8 Å². The largest absolute Gasteiger partial charge is 0.355 e. The van der Waals surface area contributed by atoms with Crippen LogP contribution in [-0.2, 0) is 4.79 Å². The second-order valence-electron chi connectivity index (χ2n) is 1.78. The van der Waals surface area contributed by atoms with Gasteiger partial charge in [-0.3, -0.25) is 4.79 Å². The highest BCUT2D eigenvalue weighted by atomic mass is 127. The SMILES string of the molecule is CSCCC(=O)NCCI. The Bertz CT molecular complexity index is 89.7. The van der Waals surface area contributed by atoms with E-state index in [1.165, 1.54) is 0 Å². The van der Waals surface area contributed by atoms with Crippen molar-refractivity contribution in [2.45, 2.75) is 6.42 Å². The molecule has 0 saturated heterocycles. The Labute approximate surface area is 79.7 Å². The van der Waals surface area contributed by atoms with Crippen molar-refractivity contribution >= 4 is 40.3 Å². The smallest absolute Gasteiger partial charge is 0.220 e. The van der Waals surface area contributed by atoms with E-state index in [2.05, 4.69) is 27.9 Å². The summed E-state index contributed by atoms with van der Waals surface area (Å²) in [5.41, 5.74) is 0. The molecular formula is C6H12INOS. The van der Waals surface area contributed by atoms with Crippen molar-refractivity contribution in [3.63, 3.8) is 0 Å². The standard InChI is InChI=1S/C6H12INOS/c1-10-5-2-6(9)8-4-3-7/h2-5H2,1H3,(H,8,9). The molecule has 0 aromatic rings. The summed E-state index contributed by atoms with van der Waals surface area (Å²) in [5, 5.41) is 2.81. The minimum absolute atomic E-state index is 0.172. The maximum atomic E-state index is 10.8. The van der Waals surface area contributed by atoms with Gasteiger partial charge in [-0.25, -0.2) is 0 Å². The van der Waals surface area contributed by atoms with Crippen LogP contribution in [0.3, 0.4) is 0 Å². The summed E-state index contributed by atoms with van der Waals surface area (Å²) in [4.78, 5) is 10.8. The first-order valence-electron chi connectivity index (χ1n) is 3.13. The minimum atomic E-state index is 0.172. The van der Waals surface area contributed by atoms with Crippen LogP contribution < -0.4 is 5.32 Å². The number of halogens is 1. The van der Waals surface area contributed by atoms with Gasteiger partial charge in [0.2, 0.25) is 5.91 Å². The third kappa shape index (κ3) is 6.67. The maximum Gasteiger partial charge on any atom is 0.220 e. The van der Waals surface area contributed by atoms with Gasteiger partial charge in [0.1, 0.15) is 0 Å². The second-order valence-corrected chi connectivity index (χ2v) is 3.85. The Kier molecular flexibility index (Phi) is 8.08. The Hall–Kier alpha value is 0.550. The lowest BCUT2D eigenvalue weighted by Gasteiger charge is -1.99. The summed E-state index contributed by atoms with van der Waals surface area (Å²) in [5.74, 6) is 1.10. The zero-order valence-electron chi connectivity index (χ0n) is 6.02. The second kappa shape index (κ2) is 7.65. The zero-order chi connectivity index (χ0) is 7.82. The van der Waals surface area contributed by atoms with Gasteiger partial charge in [0.25, 0.3) is 0 Å². The number of rotatable bonds is 5. The minimum Gasteiger partial charge on any atom is -0.355 e. The fourth-order valence-electron chi connectivity index (χ4n) is 0.470. The van der Waals surface area contributed by atoms with Crippen molar-refractivity contribution in [3.8, 4) is 0 Å². The van der Waals surface area contributed by atoms with Gasteiger partial charge in [0, 0.05) is 23.1 Å². The van der Waals surface area contributed by atoms with Gasteiger partial charge in [-0.15, -0.1) is 0 Å². The van der Waals surface area contributed by atoms with Crippen LogP contribution in [0.2, 0.25) is 0 Å². The number of hydrogen-bond donors (Lipinski definition) is 1. The van der Waals surface area contributed by atoms with Gasteiger partial charge in [0.15, 0.2) is 0 Å². The Morgan fingerprint density at radius 2 is 2.40 bits per heavy atom. The summed E-state index contributed by atoms with van der Waals surface area (Å²) >= 11 is 3.94. The number of carbonyl (C=O) groups is 1. The molecule has 0 bridgehead atoms. The number of hydrogen-bond acceptors (Lipinski definition) is 2. The summed E-state index contributed by atoms with van der Waals surface area (Å²) < 4.78 is 0.989. The highest BCUT2D eigenvalue weighted by Crippen LogP contribution is 1.94. The molecule has 0 saturated carbocycles. The van der Waals surface area contributed by atoms with Gasteiger partial charge >= 0.3 is 0 Å². The first kappa shape index (κ1) is 10.6. The average Bonchev–Trinajstić information content (AvgIpc) is 1.97. The lowest BCUT2D eigenvalue weighted by molar-refractivity contribution is -0.120. The van der Waals surface area contributed by atoms with Crippen LogP contribution in [-0.4, -0.2) is 28.9 Å². The van der Waals surface area contributed by atoms with Crippen LogP contribution >= 0.6 is 34.4 Å². The third-order valence-corrected chi connectivity index (χ3v) is 2.10. The summed E-state index contributed by atoms with van der Waals surface area (Å²) in [6.45, 7) is 0.799. The average molecular weight is 273 g/mol. The number of nitrogens with one attached hydrogen (secondary N) is 1. The number of alkyl halides is 1. The van der Waals surface area contributed by atoms with E-state index in [-0.39, 0.29) is 5.91 Å². The molecule has 1 N–H and O–H groups in total. The number of amides is 1. The lowest BCUT2D eigenvalue weighted by Crippen LogP contribution is -2.25. The fourth-order valence-corrected chi connectivity index (χ4v) is 1.13. The summed E-state index contributed by atoms with van der Waals surface area (Å²) in [6, 6.07) is 0. The molecule has 0 aromatic carbocycles. The molecule has 0 aromatic heterocycles. The van der Waals surface area contributed by atoms with E-state index in [4.69, 9.17) is 0 Å². The van der Waals surface area contributed by atoms with Crippen LogP contribution in [0.25, 0.3) is 0 Å². The molecule has 4 heteroatoms. The number of thioether (sulfide) groups is 1. The molecule has 0 radical (unpaired) electrons. The molecule has 0 rings (SSSR count). The van der Waals surface area contributed by atoms with E-state index in [0.29, 0.717) is 6.42 Å². The van der Waals surface area contributed by atoms with E-state index < -0.39 is 0 Å². The molecule has 0 aliphatic heterocycles. The van der Waals surface area contributed by atoms with Crippen LogP contribution in [0.4, 0.5) is 0 Å². The highest BCUT2D eigenvalue weighted by Gasteiger charge is 1.96. The molecule has 0 spiro atoms. The van der Waals surface area contributed by atoms with E-state index in [0.717, 1.165) is 16.7 Å². The lowest BCUT2D eigenvalue weighted by atomic mass is 10.4. The molecule has 0 aliphatic rings. The molecule has 0 atom stereocenters. The number of carbonyl (C=O) groups excluding carboxylic acids is 1. The van der Waals surface area contributed by atoms with E-state index in [1.807, 2.05) is 6.26 Å². The van der Waals surface area contributed by atoms with Crippen molar-refractivity contribution in [3.05, 3.63) is 0 Å². The van der Waals surface area contributed by atoms with Crippen LogP contribution in [0.1, 0.15) is 6.42 Å². The van der Waals surface area contributed by atoms with Crippen LogP contribution in [0, 0.1) is 0 Å². The quantitative estimate of drug-likeness (QED) is 0.604. The normalized spacial score (nSPS) is 9.40. The molecule has 60 valence electrons. The van der Waals surface area contributed by atoms with Gasteiger partial charge in [-0.1, -0.05) is 22.6 Å². The van der Waals surface area contributed by atoms with Crippen molar-refractivity contribution in [1.29, 1.82) is 0 Å². The van der Waals surface area contributed by atoms with E-state index >= 15 is 0 Å². The Balaban J connectivity index is 3.09. The Morgan fingerprint density at radius 3 is 2.90 bits per heavy atom. The van der Waals surface area contributed by atoms with Crippen molar-refractivity contribution < 1.29 is 4.79 Å². The third-order valence-electron chi connectivity index (χ3n) is 0.950. The molecule has 0 unspecified atom stereocenters. The molecule has 0 fully saturated rings. The van der Waals surface area contributed by atoms with Crippen LogP contribution in [0.5, 0.6) is 0 Å². The van der Waals surface area contributed by atoms with Crippen LogP contribution in [0.15, 0.2) is 0 Å². The van der Waals surface area contributed by atoms with Crippen molar-refractivity contribution in [2.24, 2.45) is 0 Å². The van der Waals surface area contributed by atoms with Gasteiger partial charge < -0.3 is 5.32 Å². The van der Waals surface area contributed by atoms with Crippen molar-refractivity contribution in [1.82, 2.24) is 5.32 Å². The van der Waals surface area contributed by atoms with Gasteiger partial charge in [-0.2, -0.15) is 11.8 Å².